The summed E-state index contributed by atoms with van der Waals surface area (Å²) in [5.74, 6) is -0.625. The summed E-state index contributed by atoms with van der Waals surface area (Å²) >= 11 is 12.1. The number of halogens is 2. The fourth-order valence-electron chi connectivity index (χ4n) is 2.62. The van der Waals surface area contributed by atoms with Gasteiger partial charge in [0.15, 0.2) is 0 Å². The van der Waals surface area contributed by atoms with E-state index in [4.69, 9.17) is 23.2 Å². The Morgan fingerprint density at radius 2 is 2.04 bits per heavy atom. The van der Waals surface area contributed by atoms with E-state index in [0.717, 1.165) is 34.7 Å². The van der Waals surface area contributed by atoms with Crippen LogP contribution in [0.2, 0.25) is 0 Å². The molecule has 0 spiro atoms. The summed E-state index contributed by atoms with van der Waals surface area (Å²) in [4.78, 5) is 16.5. The molecule has 0 aromatic heterocycles. The van der Waals surface area contributed by atoms with E-state index in [9.17, 15) is 4.79 Å². The number of nitrogens with zero attached hydrogens (tertiary/aromatic N) is 1. The Morgan fingerprint density at radius 1 is 1.22 bits per heavy atom. The van der Waals surface area contributed by atoms with Crippen molar-refractivity contribution in [2.75, 3.05) is 5.32 Å². The third kappa shape index (κ3) is 3.74. The first-order valence-corrected chi connectivity index (χ1v) is 8.26. The van der Waals surface area contributed by atoms with Crippen LogP contribution in [0.25, 0.3) is 5.57 Å². The lowest BCUT2D eigenvalue weighted by atomic mass is 9.95. The van der Waals surface area contributed by atoms with Gasteiger partial charge in [-0.15, -0.1) is 0 Å². The highest BCUT2D eigenvalue weighted by molar-refractivity contribution is 6.30. The van der Waals surface area contributed by atoms with Crippen LogP contribution in [0.1, 0.15) is 18.4 Å². The topological polar surface area (TPSA) is 41.5 Å². The monoisotopic (exact) mass is 346 g/mol. The van der Waals surface area contributed by atoms with E-state index in [1.807, 2.05) is 36.4 Å². The van der Waals surface area contributed by atoms with E-state index >= 15 is 0 Å². The van der Waals surface area contributed by atoms with Gasteiger partial charge in [-0.2, -0.15) is 0 Å². The van der Waals surface area contributed by atoms with Crippen molar-refractivity contribution in [3.8, 4) is 0 Å². The largest absolute Gasteiger partial charge is 0.325 e. The van der Waals surface area contributed by atoms with Gasteiger partial charge in [0, 0.05) is 22.5 Å². The summed E-state index contributed by atoms with van der Waals surface area (Å²) in [7, 11) is 0. The maximum atomic E-state index is 12.5. The first-order valence-electron chi connectivity index (χ1n) is 7.44. The number of amides is 1. The van der Waals surface area contributed by atoms with Crippen LogP contribution in [0.4, 0.5) is 5.69 Å². The average molecular weight is 347 g/mol. The lowest BCUT2D eigenvalue weighted by Crippen LogP contribution is -2.29. The minimum atomic E-state index is -0.567. The van der Waals surface area contributed by atoms with Gasteiger partial charge in [0.05, 0.1) is 5.92 Å². The smallest absolute Gasteiger partial charge is 0.234 e. The summed E-state index contributed by atoms with van der Waals surface area (Å²) in [6.07, 6.45) is 10.7. The predicted molar refractivity (Wildman–Crippen MR) is 97.0 cm³/mol. The van der Waals surface area contributed by atoms with E-state index in [-0.39, 0.29) is 5.91 Å². The summed E-state index contributed by atoms with van der Waals surface area (Å²) in [6, 6.07) is 7.76. The summed E-state index contributed by atoms with van der Waals surface area (Å²) in [5, 5.41) is 3.83. The lowest BCUT2D eigenvalue weighted by Gasteiger charge is -2.20. The molecule has 118 valence electrons. The van der Waals surface area contributed by atoms with Crippen LogP contribution in [0, 0.1) is 5.92 Å². The molecule has 2 atom stereocenters. The first kappa shape index (κ1) is 16.0. The van der Waals surface area contributed by atoms with Crippen molar-refractivity contribution < 1.29 is 4.79 Å². The van der Waals surface area contributed by atoms with Crippen molar-refractivity contribution >= 4 is 46.6 Å². The second kappa shape index (κ2) is 7.16. The lowest BCUT2D eigenvalue weighted by molar-refractivity contribution is -0.118. The Bertz CT molecular complexity index is 734. The maximum absolute atomic E-state index is 12.5. The Balaban J connectivity index is 1.83. The van der Waals surface area contributed by atoms with Crippen molar-refractivity contribution in [1.29, 1.82) is 0 Å². The number of aliphatic imine (C=N–C) groups is 1. The minimum Gasteiger partial charge on any atom is -0.325 e. The molecule has 1 aromatic carbocycles. The number of nitrogens with one attached hydrogen (secondary N) is 1. The van der Waals surface area contributed by atoms with E-state index in [1.165, 1.54) is 0 Å². The van der Waals surface area contributed by atoms with Gasteiger partial charge in [-0.3, -0.25) is 9.79 Å². The van der Waals surface area contributed by atoms with E-state index in [1.54, 1.807) is 18.4 Å². The van der Waals surface area contributed by atoms with Gasteiger partial charge >= 0.3 is 0 Å². The first-order chi connectivity index (χ1) is 11.1. The normalized spacial score (nSPS) is 23.2. The van der Waals surface area contributed by atoms with E-state index in [0.29, 0.717) is 0 Å². The molecule has 1 aliphatic carbocycles. The molecular weight excluding hydrogens is 331 g/mol. The van der Waals surface area contributed by atoms with Crippen molar-refractivity contribution in [3.05, 3.63) is 59.2 Å². The number of alkyl halides is 1. The molecule has 1 heterocycles. The molecule has 3 rings (SSSR count). The summed E-state index contributed by atoms with van der Waals surface area (Å²) in [6.45, 7) is 0. The number of hydrogen-bond donors (Lipinski definition) is 1. The highest BCUT2D eigenvalue weighted by atomic mass is 35.5. The van der Waals surface area contributed by atoms with E-state index < -0.39 is 11.4 Å². The molecule has 0 saturated heterocycles. The zero-order valence-electron chi connectivity index (χ0n) is 12.4. The molecule has 1 N–H and O–H groups in total. The van der Waals surface area contributed by atoms with E-state index in [2.05, 4.69) is 10.3 Å². The molecule has 0 fully saturated rings. The van der Waals surface area contributed by atoms with Gasteiger partial charge in [-0.05, 0) is 36.6 Å². The molecule has 5 heteroatoms. The number of carbonyl (C=O) groups excluding carboxylic acids is 1. The Hall–Kier alpha value is -1.84. The Morgan fingerprint density at radius 3 is 2.78 bits per heavy atom. The highest BCUT2D eigenvalue weighted by Gasteiger charge is 2.25. The fourth-order valence-corrected chi connectivity index (χ4v) is 3.04. The molecule has 0 saturated carbocycles. The van der Waals surface area contributed by atoms with Gasteiger partial charge in [0.2, 0.25) is 5.91 Å². The zero-order valence-corrected chi connectivity index (χ0v) is 13.9. The third-order valence-electron chi connectivity index (χ3n) is 3.86. The molecule has 2 aliphatic rings. The molecule has 23 heavy (non-hydrogen) atoms. The molecule has 0 radical (unpaired) electrons. The highest BCUT2D eigenvalue weighted by Crippen LogP contribution is 2.33. The summed E-state index contributed by atoms with van der Waals surface area (Å²) < 4.78 is 0. The van der Waals surface area contributed by atoms with Crippen LogP contribution >= 0.6 is 23.2 Å². The van der Waals surface area contributed by atoms with Gasteiger partial charge in [0.1, 0.15) is 5.50 Å². The van der Waals surface area contributed by atoms with Crippen molar-refractivity contribution in [2.24, 2.45) is 10.9 Å². The molecule has 1 amide bonds. The average Bonchev–Trinajstić information content (AvgIpc) is 2.56. The second-order valence-electron chi connectivity index (χ2n) is 5.42. The Labute approximate surface area is 145 Å². The van der Waals surface area contributed by atoms with Gasteiger partial charge < -0.3 is 5.32 Å². The molecule has 1 aromatic rings. The van der Waals surface area contributed by atoms with Crippen LogP contribution in [0.15, 0.2) is 58.6 Å². The van der Waals surface area contributed by atoms with Gasteiger partial charge in [0.25, 0.3) is 0 Å². The predicted octanol–water partition coefficient (Wildman–Crippen LogP) is 4.75. The number of benzene rings is 1. The van der Waals surface area contributed by atoms with Crippen LogP contribution in [0.5, 0.6) is 0 Å². The number of para-hydroxylation sites is 1. The van der Waals surface area contributed by atoms with Crippen molar-refractivity contribution in [1.82, 2.24) is 0 Å². The van der Waals surface area contributed by atoms with Crippen molar-refractivity contribution in [3.63, 3.8) is 0 Å². The zero-order chi connectivity index (χ0) is 16.2. The molecule has 0 bridgehead atoms. The fraction of sp³-hybridized carbons (Fsp3) is 0.222. The number of dihydropyridines is 1. The number of carbonyl (C=O) groups is 1. The third-order valence-corrected chi connectivity index (χ3v) is 4.56. The van der Waals surface area contributed by atoms with Crippen LogP contribution < -0.4 is 5.32 Å². The minimum absolute atomic E-state index is 0.157. The van der Waals surface area contributed by atoms with Crippen LogP contribution in [-0.4, -0.2) is 17.6 Å². The van der Waals surface area contributed by atoms with Crippen molar-refractivity contribution in [2.45, 2.75) is 18.3 Å². The Kier molecular flexibility index (Phi) is 4.99. The molecular formula is C18H16Cl2N2O. The number of rotatable bonds is 3. The quantitative estimate of drug-likeness (QED) is 0.622. The second-order valence-corrected chi connectivity index (χ2v) is 6.35. The number of hydrogen-bond acceptors (Lipinski definition) is 2. The number of allylic oxidation sites excluding steroid dienone is 5. The molecule has 3 nitrogen and oxygen atoms in total. The number of anilines is 1. The van der Waals surface area contributed by atoms with Crippen LogP contribution in [-0.2, 0) is 4.79 Å². The van der Waals surface area contributed by atoms with Gasteiger partial charge in [-0.25, -0.2) is 0 Å². The SMILES string of the molecule is O=C(Nc1ccccc1C1=CC=C(Cl)CC1)C1C=CC=NC1Cl. The molecule has 2 unspecified atom stereocenters. The van der Waals surface area contributed by atoms with Gasteiger partial charge in [-0.1, -0.05) is 53.6 Å². The standard InChI is InChI=1S/C18H16Cl2N2O/c19-13-9-7-12(8-10-13)14-4-1-2-6-16(14)22-18(23)15-5-3-11-21-17(15)20/h1-7,9,11,15,17H,8,10H2,(H,22,23). The summed E-state index contributed by atoms with van der Waals surface area (Å²) in [5.41, 5.74) is 2.38. The van der Waals surface area contributed by atoms with Crippen LogP contribution in [0.3, 0.4) is 0 Å². The molecule has 1 aliphatic heterocycles. The maximum Gasteiger partial charge on any atom is 0.234 e.